The number of carbonyl (C=O) groups excluding carboxylic acids is 1. The van der Waals surface area contributed by atoms with E-state index in [1.54, 1.807) is 24.0 Å². The Labute approximate surface area is 150 Å². The summed E-state index contributed by atoms with van der Waals surface area (Å²) in [5, 5.41) is 1.10. The smallest absolute Gasteiger partial charge is 0.336 e. The minimum Gasteiger partial charge on any atom is -0.482 e. The molecule has 0 radical (unpaired) electrons. The number of hydrogen-bond donors (Lipinski definition) is 0. The number of amides is 1. The minimum absolute atomic E-state index is 0.00536. The highest BCUT2D eigenvalue weighted by Gasteiger charge is 2.26. The van der Waals surface area contributed by atoms with Gasteiger partial charge in [0.2, 0.25) is 0 Å². The Morgan fingerprint density at radius 3 is 2.64 bits per heavy atom. The average Bonchev–Trinajstić information content (AvgIpc) is 2.52. The SMILES string of the molecule is Cc1cc(=O)oc2cc(OCC(=O)N3CC(C)OC(C)C3)c(Cl)cc12. The normalized spacial score (nSPS) is 20.7. The Morgan fingerprint density at radius 1 is 1.28 bits per heavy atom. The van der Waals surface area contributed by atoms with Gasteiger partial charge in [-0.2, -0.15) is 0 Å². The molecule has 1 amide bonds. The molecule has 2 heterocycles. The molecule has 1 aliphatic heterocycles. The Balaban J connectivity index is 1.75. The summed E-state index contributed by atoms with van der Waals surface area (Å²) in [5.41, 5.74) is 0.711. The molecule has 2 atom stereocenters. The summed E-state index contributed by atoms with van der Waals surface area (Å²) in [5.74, 6) is 0.175. The first-order chi connectivity index (χ1) is 11.8. The van der Waals surface area contributed by atoms with Crippen molar-refractivity contribution in [1.29, 1.82) is 0 Å². The maximum atomic E-state index is 12.4. The van der Waals surface area contributed by atoms with Crippen LogP contribution in [0.1, 0.15) is 19.4 Å². The van der Waals surface area contributed by atoms with Crippen LogP contribution in [0.5, 0.6) is 5.75 Å². The van der Waals surface area contributed by atoms with Crippen LogP contribution in [-0.4, -0.2) is 42.7 Å². The van der Waals surface area contributed by atoms with Gasteiger partial charge < -0.3 is 18.8 Å². The monoisotopic (exact) mass is 365 g/mol. The summed E-state index contributed by atoms with van der Waals surface area (Å²) in [6.07, 6.45) is -0.0107. The third-order valence-corrected chi connectivity index (χ3v) is 4.42. The summed E-state index contributed by atoms with van der Waals surface area (Å²) >= 11 is 6.24. The lowest BCUT2D eigenvalue weighted by atomic mass is 10.1. The van der Waals surface area contributed by atoms with E-state index in [4.69, 9.17) is 25.5 Å². The highest BCUT2D eigenvalue weighted by Crippen LogP contribution is 2.31. The highest BCUT2D eigenvalue weighted by molar-refractivity contribution is 6.32. The van der Waals surface area contributed by atoms with Crippen molar-refractivity contribution in [3.05, 3.63) is 39.2 Å². The summed E-state index contributed by atoms with van der Waals surface area (Å²) in [6, 6.07) is 4.63. The van der Waals surface area contributed by atoms with Crippen molar-refractivity contribution in [1.82, 2.24) is 4.90 Å². The highest BCUT2D eigenvalue weighted by atomic mass is 35.5. The van der Waals surface area contributed by atoms with E-state index in [1.165, 1.54) is 6.07 Å². The van der Waals surface area contributed by atoms with Crippen LogP contribution in [0.25, 0.3) is 11.0 Å². The molecule has 2 aromatic rings. The molecule has 2 unspecified atom stereocenters. The van der Waals surface area contributed by atoms with Crippen molar-refractivity contribution in [2.24, 2.45) is 0 Å². The van der Waals surface area contributed by atoms with E-state index in [0.717, 1.165) is 10.9 Å². The standard InChI is InChI=1S/C18H20ClNO5/c1-10-4-18(22)25-15-6-16(14(19)5-13(10)15)23-9-17(21)20-7-11(2)24-12(3)8-20/h4-6,11-12H,7-9H2,1-3H3. The number of fused-ring (bicyclic) bond motifs is 1. The van der Waals surface area contributed by atoms with Gasteiger partial charge in [0.15, 0.2) is 6.61 Å². The number of hydrogen-bond acceptors (Lipinski definition) is 5. The van der Waals surface area contributed by atoms with Crippen LogP contribution in [0.15, 0.2) is 27.4 Å². The van der Waals surface area contributed by atoms with Gasteiger partial charge in [-0.1, -0.05) is 11.6 Å². The number of morpholine rings is 1. The molecule has 7 heteroatoms. The molecule has 1 fully saturated rings. The Bertz CT molecular complexity index is 852. The molecule has 1 aliphatic rings. The average molecular weight is 366 g/mol. The van der Waals surface area contributed by atoms with E-state index in [9.17, 15) is 9.59 Å². The molecule has 0 spiro atoms. The number of ether oxygens (including phenoxy) is 2. The molecule has 0 N–H and O–H groups in total. The molecule has 0 aliphatic carbocycles. The van der Waals surface area contributed by atoms with Gasteiger partial charge in [-0.25, -0.2) is 4.79 Å². The predicted molar refractivity (Wildman–Crippen MR) is 94.3 cm³/mol. The Morgan fingerprint density at radius 2 is 1.96 bits per heavy atom. The van der Waals surface area contributed by atoms with Crippen LogP contribution in [0.3, 0.4) is 0 Å². The number of halogens is 1. The predicted octanol–water partition coefficient (Wildman–Crippen LogP) is 2.77. The third-order valence-electron chi connectivity index (χ3n) is 4.13. The topological polar surface area (TPSA) is 69.0 Å². The molecule has 1 saturated heterocycles. The first-order valence-electron chi connectivity index (χ1n) is 8.13. The molecule has 0 saturated carbocycles. The molecule has 1 aromatic heterocycles. The second kappa shape index (κ2) is 7.06. The third kappa shape index (κ3) is 3.96. The van der Waals surface area contributed by atoms with Crippen LogP contribution in [-0.2, 0) is 9.53 Å². The zero-order valence-electron chi connectivity index (χ0n) is 14.4. The van der Waals surface area contributed by atoms with Crippen molar-refractivity contribution in [2.75, 3.05) is 19.7 Å². The van der Waals surface area contributed by atoms with Crippen molar-refractivity contribution < 1.29 is 18.7 Å². The molecular formula is C18H20ClNO5. The number of rotatable bonds is 3. The van der Waals surface area contributed by atoms with Gasteiger partial charge in [0.1, 0.15) is 11.3 Å². The number of benzene rings is 1. The quantitative estimate of drug-likeness (QED) is 0.782. The van der Waals surface area contributed by atoms with Gasteiger partial charge in [-0.15, -0.1) is 0 Å². The zero-order valence-corrected chi connectivity index (χ0v) is 15.1. The maximum Gasteiger partial charge on any atom is 0.336 e. The van der Waals surface area contributed by atoms with E-state index < -0.39 is 5.63 Å². The largest absolute Gasteiger partial charge is 0.482 e. The Hall–Kier alpha value is -2.05. The number of aryl methyl sites for hydroxylation is 1. The first-order valence-corrected chi connectivity index (χ1v) is 8.51. The number of carbonyl (C=O) groups is 1. The van der Waals surface area contributed by atoms with Crippen LogP contribution in [0.2, 0.25) is 5.02 Å². The molecule has 1 aromatic carbocycles. The van der Waals surface area contributed by atoms with E-state index in [2.05, 4.69) is 0 Å². The Kier molecular flexibility index (Phi) is 5.01. The van der Waals surface area contributed by atoms with E-state index in [0.29, 0.717) is 29.4 Å². The fraction of sp³-hybridized carbons (Fsp3) is 0.444. The van der Waals surface area contributed by atoms with Crippen molar-refractivity contribution >= 4 is 28.5 Å². The minimum atomic E-state index is -0.439. The summed E-state index contributed by atoms with van der Waals surface area (Å²) < 4.78 is 16.4. The van der Waals surface area contributed by atoms with Gasteiger partial charge >= 0.3 is 5.63 Å². The van der Waals surface area contributed by atoms with Gasteiger partial charge in [0, 0.05) is 30.6 Å². The molecule has 25 heavy (non-hydrogen) atoms. The fourth-order valence-corrected chi connectivity index (χ4v) is 3.26. The number of nitrogens with zero attached hydrogens (tertiary/aromatic N) is 1. The maximum absolute atomic E-state index is 12.4. The fourth-order valence-electron chi connectivity index (χ4n) is 3.04. The second-order valence-corrected chi connectivity index (χ2v) is 6.78. The zero-order chi connectivity index (χ0) is 18.1. The lowest BCUT2D eigenvalue weighted by Crippen LogP contribution is -2.49. The molecule has 6 nitrogen and oxygen atoms in total. The van der Waals surface area contributed by atoms with Gasteiger partial charge in [-0.05, 0) is 32.4 Å². The molecular weight excluding hydrogens is 346 g/mol. The molecule has 3 rings (SSSR count). The van der Waals surface area contributed by atoms with Crippen LogP contribution < -0.4 is 10.4 Å². The summed E-state index contributed by atoms with van der Waals surface area (Å²) in [4.78, 5) is 25.6. The van der Waals surface area contributed by atoms with Crippen molar-refractivity contribution in [3.63, 3.8) is 0 Å². The molecule has 0 bridgehead atoms. The van der Waals surface area contributed by atoms with Crippen molar-refractivity contribution in [3.8, 4) is 5.75 Å². The summed E-state index contributed by atoms with van der Waals surface area (Å²) in [6.45, 7) is 6.60. The molecule has 134 valence electrons. The van der Waals surface area contributed by atoms with E-state index >= 15 is 0 Å². The lowest BCUT2D eigenvalue weighted by molar-refractivity contribution is -0.145. The van der Waals surface area contributed by atoms with Crippen molar-refractivity contribution in [2.45, 2.75) is 33.0 Å². The van der Waals surface area contributed by atoms with Crippen LogP contribution >= 0.6 is 11.6 Å². The van der Waals surface area contributed by atoms with Gasteiger partial charge in [-0.3, -0.25) is 4.79 Å². The lowest BCUT2D eigenvalue weighted by Gasteiger charge is -2.35. The second-order valence-electron chi connectivity index (χ2n) is 6.37. The van der Waals surface area contributed by atoms with E-state index in [1.807, 2.05) is 13.8 Å². The van der Waals surface area contributed by atoms with Crippen LogP contribution in [0, 0.1) is 6.92 Å². The van der Waals surface area contributed by atoms with E-state index in [-0.39, 0.29) is 24.7 Å². The van der Waals surface area contributed by atoms with Gasteiger partial charge in [0.25, 0.3) is 5.91 Å². The first kappa shape index (κ1) is 17.8. The summed E-state index contributed by atoms with van der Waals surface area (Å²) in [7, 11) is 0. The van der Waals surface area contributed by atoms with Gasteiger partial charge in [0.05, 0.1) is 17.2 Å². The van der Waals surface area contributed by atoms with Crippen LogP contribution in [0.4, 0.5) is 0 Å².